The summed E-state index contributed by atoms with van der Waals surface area (Å²) < 4.78 is 13.1. The molecule has 1 aromatic carbocycles. The molecule has 4 heteroatoms. The Labute approximate surface area is 128 Å². The van der Waals surface area contributed by atoms with Crippen LogP contribution in [0.25, 0.3) is 0 Å². The molecule has 0 spiro atoms. The van der Waals surface area contributed by atoms with Gasteiger partial charge in [-0.1, -0.05) is 13.0 Å². The van der Waals surface area contributed by atoms with Crippen molar-refractivity contribution in [2.45, 2.75) is 33.2 Å². The summed E-state index contributed by atoms with van der Waals surface area (Å²) >= 11 is 0. The number of benzene rings is 1. The van der Waals surface area contributed by atoms with E-state index in [1.54, 1.807) is 12.1 Å². The van der Waals surface area contributed by atoms with Crippen LogP contribution in [0.3, 0.4) is 0 Å². The summed E-state index contributed by atoms with van der Waals surface area (Å²) in [6, 6.07) is 5.13. The van der Waals surface area contributed by atoms with E-state index < -0.39 is 0 Å². The van der Waals surface area contributed by atoms with Crippen molar-refractivity contribution in [1.29, 1.82) is 0 Å². The largest absolute Gasteiger partial charge is 0.317 e. The number of hydrogen-bond acceptors (Lipinski definition) is 2. The van der Waals surface area contributed by atoms with Crippen LogP contribution in [0, 0.1) is 18.7 Å². The normalized spacial score (nSPS) is 16.9. The van der Waals surface area contributed by atoms with E-state index in [0.29, 0.717) is 0 Å². The molecular formula is C16H26ClFN2. The lowest BCUT2D eigenvalue weighted by Gasteiger charge is -2.32. The fourth-order valence-corrected chi connectivity index (χ4v) is 2.77. The van der Waals surface area contributed by atoms with Crippen LogP contribution in [-0.2, 0) is 6.54 Å². The zero-order valence-corrected chi connectivity index (χ0v) is 13.3. The van der Waals surface area contributed by atoms with Gasteiger partial charge in [-0.15, -0.1) is 12.4 Å². The molecule has 1 aliphatic rings. The molecule has 0 aromatic heterocycles. The summed E-state index contributed by atoms with van der Waals surface area (Å²) in [5, 5.41) is 3.44. The maximum atomic E-state index is 13.1. The van der Waals surface area contributed by atoms with Crippen LogP contribution in [0.1, 0.15) is 30.9 Å². The average Bonchev–Trinajstić information content (AvgIpc) is 2.41. The molecule has 0 aliphatic carbocycles. The summed E-state index contributed by atoms with van der Waals surface area (Å²) in [6.07, 6.45) is 2.54. The number of hydrogen-bond donors (Lipinski definition) is 1. The van der Waals surface area contributed by atoms with E-state index in [1.165, 1.54) is 18.4 Å². The zero-order valence-electron chi connectivity index (χ0n) is 12.5. The quantitative estimate of drug-likeness (QED) is 0.897. The van der Waals surface area contributed by atoms with E-state index in [1.807, 2.05) is 13.0 Å². The average molecular weight is 301 g/mol. The van der Waals surface area contributed by atoms with Gasteiger partial charge in [0.1, 0.15) is 5.82 Å². The van der Waals surface area contributed by atoms with Gasteiger partial charge in [0.25, 0.3) is 0 Å². The molecule has 1 saturated heterocycles. The van der Waals surface area contributed by atoms with E-state index in [-0.39, 0.29) is 18.2 Å². The highest BCUT2D eigenvalue weighted by molar-refractivity contribution is 5.85. The Hall–Kier alpha value is -0.640. The van der Waals surface area contributed by atoms with Crippen LogP contribution in [0.15, 0.2) is 18.2 Å². The monoisotopic (exact) mass is 300 g/mol. The number of rotatable bonds is 5. The first-order valence-electron chi connectivity index (χ1n) is 7.37. The Bertz CT molecular complexity index is 403. The van der Waals surface area contributed by atoms with Crippen LogP contribution in [0.2, 0.25) is 0 Å². The Morgan fingerprint density at radius 2 is 2.00 bits per heavy atom. The zero-order chi connectivity index (χ0) is 13.7. The summed E-state index contributed by atoms with van der Waals surface area (Å²) in [4.78, 5) is 2.49. The number of nitrogens with zero attached hydrogens (tertiary/aromatic N) is 1. The van der Waals surface area contributed by atoms with E-state index in [2.05, 4.69) is 17.1 Å². The molecular weight excluding hydrogens is 275 g/mol. The maximum Gasteiger partial charge on any atom is 0.123 e. The molecule has 1 fully saturated rings. The van der Waals surface area contributed by atoms with Gasteiger partial charge in [-0.2, -0.15) is 0 Å². The lowest BCUT2D eigenvalue weighted by molar-refractivity contribution is 0.175. The standard InChI is InChI=1S/C16H25FN2.ClH/c1-3-18-11-14-6-8-19(9-7-14)12-15-4-5-16(17)10-13(15)2;/h4-5,10,14,18H,3,6-9,11-12H2,1-2H3;1H. The van der Waals surface area contributed by atoms with Gasteiger partial charge in [0, 0.05) is 6.54 Å². The second-order valence-corrected chi connectivity index (χ2v) is 5.60. The first-order valence-corrected chi connectivity index (χ1v) is 7.37. The van der Waals surface area contributed by atoms with Gasteiger partial charge in [0.05, 0.1) is 0 Å². The maximum absolute atomic E-state index is 13.1. The topological polar surface area (TPSA) is 15.3 Å². The minimum atomic E-state index is -0.134. The van der Waals surface area contributed by atoms with E-state index in [9.17, 15) is 4.39 Å². The van der Waals surface area contributed by atoms with Gasteiger partial charge in [-0.3, -0.25) is 4.90 Å². The van der Waals surface area contributed by atoms with Crippen molar-refractivity contribution in [2.75, 3.05) is 26.2 Å². The molecule has 1 heterocycles. The van der Waals surface area contributed by atoms with Gasteiger partial charge in [-0.05, 0) is 75.1 Å². The number of nitrogens with one attached hydrogen (secondary N) is 1. The third-order valence-electron chi connectivity index (χ3n) is 4.09. The minimum Gasteiger partial charge on any atom is -0.317 e. The number of piperidine rings is 1. The van der Waals surface area contributed by atoms with Crippen LogP contribution in [0.4, 0.5) is 4.39 Å². The minimum absolute atomic E-state index is 0. The highest BCUT2D eigenvalue weighted by Gasteiger charge is 2.19. The number of likely N-dealkylation sites (tertiary alicyclic amines) is 1. The molecule has 1 aromatic rings. The first-order chi connectivity index (χ1) is 9.19. The molecule has 2 rings (SSSR count). The lowest BCUT2D eigenvalue weighted by atomic mass is 9.96. The predicted octanol–water partition coefficient (Wildman–Crippen LogP) is 3.38. The van der Waals surface area contributed by atoms with E-state index >= 15 is 0 Å². The Morgan fingerprint density at radius 1 is 1.30 bits per heavy atom. The molecule has 0 saturated carbocycles. The molecule has 2 nitrogen and oxygen atoms in total. The Balaban J connectivity index is 0.00000200. The highest BCUT2D eigenvalue weighted by atomic mass is 35.5. The van der Waals surface area contributed by atoms with Gasteiger partial charge < -0.3 is 5.32 Å². The second-order valence-electron chi connectivity index (χ2n) is 5.60. The van der Waals surface area contributed by atoms with Crippen molar-refractivity contribution in [3.05, 3.63) is 35.1 Å². The number of halogens is 2. The Kier molecular flexibility index (Phi) is 7.49. The molecule has 0 unspecified atom stereocenters. The van der Waals surface area contributed by atoms with Crippen LogP contribution in [-0.4, -0.2) is 31.1 Å². The summed E-state index contributed by atoms with van der Waals surface area (Å²) in [5.41, 5.74) is 2.32. The molecule has 1 N–H and O–H groups in total. The SMILES string of the molecule is CCNCC1CCN(Cc2ccc(F)cc2C)CC1.Cl. The smallest absolute Gasteiger partial charge is 0.123 e. The van der Waals surface area contributed by atoms with Crippen molar-refractivity contribution in [1.82, 2.24) is 10.2 Å². The van der Waals surface area contributed by atoms with Gasteiger partial charge >= 0.3 is 0 Å². The van der Waals surface area contributed by atoms with Gasteiger partial charge in [-0.25, -0.2) is 4.39 Å². The first kappa shape index (κ1) is 17.4. The summed E-state index contributed by atoms with van der Waals surface area (Å²) in [6.45, 7) is 9.65. The summed E-state index contributed by atoms with van der Waals surface area (Å²) in [5.74, 6) is 0.691. The van der Waals surface area contributed by atoms with Crippen molar-refractivity contribution in [3.63, 3.8) is 0 Å². The highest BCUT2D eigenvalue weighted by Crippen LogP contribution is 2.20. The predicted molar refractivity (Wildman–Crippen MR) is 84.9 cm³/mol. The lowest BCUT2D eigenvalue weighted by Crippen LogP contribution is -2.37. The molecule has 20 heavy (non-hydrogen) atoms. The fourth-order valence-electron chi connectivity index (χ4n) is 2.77. The third kappa shape index (κ3) is 5.04. The van der Waals surface area contributed by atoms with Gasteiger partial charge in [0.15, 0.2) is 0 Å². The van der Waals surface area contributed by atoms with Crippen molar-refractivity contribution < 1.29 is 4.39 Å². The molecule has 0 bridgehead atoms. The molecule has 0 atom stereocenters. The molecule has 1 aliphatic heterocycles. The van der Waals surface area contributed by atoms with E-state index in [0.717, 1.165) is 44.2 Å². The van der Waals surface area contributed by atoms with Gasteiger partial charge in [0.2, 0.25) is 0 Å². The number of aryl methyl sites for hydroxylation is 1. The molecule has 0 radical (unpaired) electrons. The molecule has 114 valence electrons. The van der Waals surface area contributed by atoms with Crippen LogP contribution < -0.4 is 5.32 Å². The van der Waals surface area contributed by atoms with E-state index in [4.69, 9.17) is 0 Å². The Morgan fingerprint density at radius 3 is 2.60 bits per heavy atom. The second kappa shape index (κ2) is 8.60. The van der Waals surface area contributed by atoms with Crippen LogP contribution >= 0.6 is 12.4 Å². The van der Waals surface area contributed by atoms with Crippen LogP contribution in [0.5, 0.6) is 0 Å². The molecule has 0 amide bonds. The summed E-state index contributed by atoms with van der Waals surface area (Å²) in [7, 11) is 0. The fraction of sp³-hybridized carbons (Fsp3) is 0.625. The van der Waals surface area contributed by atoms with Crippen molar-refractivity contribution >= 4 is 12.4 Å². The van der Waals surface area contributed by atoms with Crippen molar-refractivity contribution in [3.8, 4) is 0 Å². The van der Waals surface area contributed by atoms with Crippen molar-refractivity contribution in [2.24, 2.45) is 5.92 Å². The third-order valence-corrected chi connectivity index (χ3v) is 4.09.